The first-order valence-corrected chi connectivity index (χ1v) is 9.03. The number of ether oxygens (including phenoxy) is 1. The highest BCUT2D eigenvalue weighted by Crippen LogP contribution is 2.32. The van der Waals surface area contributed by atoms with Crippen molar-refractivity contribution in [2.24, 2.45) is 5.92 Å². The van der Waals surface area contributed by atoms with E-state index < -0.39 is 0 Å². The van der Waals surface area contributed by atoms with Gasteiger partial charge in [-0.25, -0.2) is 9.50 Å². The van der Waals surface area contributed by atoms with Crippen molar-refractivity contribution in [3.8, 4) is 0 Å². The molecule has 134 valence electrons. The number of nitrogens with zero attached hydrogens (tertiary/aromatic N) is 3. The minimum Gasteiger partial charge on any atom is -0.381 e. The zero-order chi connectivity index (χ0) is 17.6. The molecule has 2 aliphatic rings. The summed E-state index contributed by atoms with van der Waals surface area (Å²) in [4.78, 5) is 31.9. The van der Waals surface area contributed by atoms with E-state index in [1.54, 1.807) is 6.92 Å². The van der Waals surface area contributed by atoms with Crippen molar-refractivity contribution in [1.29, 1.82) is 0 Å². The molecule has 2 atom stereocenters. The number of hydrogen-bond donors (Lipinski definition) is 1. The Morgan fingerprint density at radius 3 is 2.92 bits per heavy atom. The maximum absolute atomic E-state index is 12.9. The number of amides is 1. The van der Waals surface area contributed by atoms with Crippen LogP contribution in [-0.2, 0) is 9.53 Å². The fourth-order valence-electron chi connectivity index (χ4n) is 3.89. The number of aryl methyl sites for hydroxylation is 1. The molecule has 2 fully saturated rings. The summed E-state index contributed by atoms with van der Waals surface area (Å²) in [6.45, 7) is 5.58. The number of nitrogens with one attached hydrogen (secondary N) is 1. The maximum Gasteiger partial charge on any atom is 0.275 e. The number of rotatable bonds is 2. The van der Waals surface area contributed by atoms with Gasteiger partial charge in [-0.1, -0.05) is 0 Å². The lowest BCUT2D eigenvalue weighted by atomic mass is 9.96. The van der Waals surface area contributed by atoms with Crippen LogP contribution in [-0.4, -0.2) is 45.2 Å². The summed E-state index contributed by atoms with van der Waals surface area (Å²) in [5.41, 5.74) is 2.82. The second-order valence-corrected chi connectivity index (χ2v) is 7.14. The van der Waals surface area contributed by atoms with E-state index in [-0.39, 0.29) is 23.4 Å². The fraction of sp³-hybridized carbons (Fsp3) is 0.611. The van der Waals surface area contributed by atoms with Crippen molar-refractivity contribution in [2.45, 2.75) is 45.6 Å². The molecule has 2 aromatic heterocycles. The normalized spacial score (nSPS) is 24.2. The van der Waals surface area contributed by atoms with Crippen LogP contribution in [0.4, 0.5) is 0 Å². The second-order valence-electron chi connectivity index (χ2n) is 7.14. The van der Waals surface area contributed by atoms with Crippen LogP contribution in [0.3, 0.4) is 0 Å². The van der Waals surface area contributed by atoms with Crippen molar-refractivity contribution in [1.82, 2.24) is 19.5 Å². The number of fused-ring (bicyclic) bond motifs is 1. The number of aromatic nitrogens is 3. The summed E-state index contributed by atoms with van der Waals surface area (Å²) in [6.07, 6.45) is 3.80. The largest absolute Gasteiger partial charge is 0.381 e. The Morgan fingerprint density at radius 1 is 1.32 bits per heavy atom. The molecule has 0 bridgehead atoms. The van der Waals surface area contributed by atoms with Crippen molar-refractivity contribution in [3.63, 3.8) is 0 Å². The molecule has 7 heteroatoms. The van der Waals surface area contributed by atoms with Gasteiger partial charge in [0.15, 0.2) is 5.65 Å². The zero-order valence-corrected chi connectivity index (χ0v) is 14.7. The van der Waals surface area contributed by atoms with Gasteiger partial charge >= 0.3 is 0 Å². The van der Waals surface area contributed by atoms with E-state index >= 15 is 0 Å². The van der Waals surface area contributed by atoms with Gasteiger partial charge in [-0.2, -0.15) is 0 Å². The Labute approximate surface area is 146 Å². The Bertz CT molecular complexity index is 863. The van der Waals surface area contributed by atoms with Crippen molar-refractivity contribution in [3.05, 3.63) is 33.4 Å². The Kier molecular flexibility index (Phi) is 4.11. The molecule has 25 heavy (non-hydrogen) atoms. The number of likely N-dealkylation sites (tertiary alicyclic amines) is 1. The minimum atomic E-state index is -0.0772. The van der Waals surface area contributed by atoms with Crippen LogP contribution < -0.4 is 5.56 Å². The molecular weight excluding hydrogens is 320 g/mol. The SMILES string of the molecule is Cc1nc2cc([C@H]3CCCCN3C(=O)[C@H]3CCOC3)[nH]n2c(=O)c1C. The topological polar surface area (TPSA) is 79.7 Å². The number of piperidine rings is 1. The number of carbonyl (C=O) groups is 1. The third-order valence-electron chi connectivity index (χ3n) is 5.53. The maximum atomic E-state index is 12.9. The first-order valence-electron chi connectivity index (χ1n) is 9.03. The van der Waals surface area contributed by atoms with E-state index in [1.165, 1.54) is 4.52 Å². The molecule has 0 aliphatic carbocycles. The van der Waals surface area contributed by atoms with Crippen LogP contribution >= 0.6 is 0 Å². The van der Waals surface area contributed by atoms with Crippen LogP contribution in [0.15, 0.2) is 10.9 Å². The van der Waals surface area contributed by atoms with Crippen LogP contribution in [0.2, 0.25) is 0 Å². The van der Waals surface area contributed by atoms with E-state index in [2.05, 4.69) is 10.1 Å². The van der Waals surface area contributed by atoms with E-state index in [9.17, 15) is 9.59 Å². The monoisotopic (exact) mass is 344 g/mol. The molecule has 2 aromatic rings. The number of aromatic amines is 1. The van der Waals surface area contributed by atoms with Gasteiger partial charge in [0.1, 0.15) is 0 Å². The highest BCUT2D eigenvalue weighted by molar-refractivity contribution is 5.79. The molecule has 4 heterocycles. The smallest absolute Gasteiger partial charge is 0.275 e. The van der Waals surface area contributed by atoms with Gasteiger partial charge in [0.05, 0.1) is 24.3 Å². The average Bonchev–Trinajstić information content (AvgIpc) is 3.29. The molecule has 0 unspecified atom stereocenters. The highest BCUT2D eigenvalue weighted by atomic mass is 16.5. The summed E-state index contributed by atoms with van der Waals surface area (Å²) < 4.78 is 6.88. The number of carbonyl (C=O) groups excluding carboxylic acids is 1. The van der Waals surface area contributed by atoms with Gasteiger partial charge < -0.3 is 9.64 Å². The molecule has 0 aromatic carbocycles. The third-order valence-corrected chi connectivity index (χ3v) is 5.53. The van der Waals surface area contributed by atoms with Gasteiger partial charge in [0, 0.05) is 30.5 Å². The highest BCUT2D eigenvalue weighted by Gasteiger charge is 2.35. The quantitative estimate of drug-likeness (QED) is 0.900. The first kappa shape index (κ1) is 16.3. The van der Waals surface area contributed by atoms with E-state index in [1.807, 2.05) is 17.9 Å². The molecule has 2 aliphatic heterocycles. The fourth-order valence-corrected chi connectivity index (χ4v) is 3.89. The lowest BCUT2D eigenvalue weighted by molar-refractivity contribution is -0.139. The Hall–Kier alpha value is -2.15. The van der Waals surface area contributed by atoms with E-state index in [0.29, 0.717) is 24.4 Å². The minimum absolute atomic E-state index is 0.0245. The summed E-state index contributed by atoms with van der Waals surface area (Å²) >= 11 is 0. The Balaban J connectivity index is 1.71. The van der Waals surface area contributed by atoms with Crippen LogP contribution in [0.5, 0.6) is 0 Å². The molecule has 1 N–H and O–H groups in total. The molecule has 1 amide bonds. The number of hydrogen-bond acceptors (Lipinski definition) is 4. The molecule has 2 saturated heterocycles. The third kappa shape index (κ3) is 2.76. The van der Waals surface area contributed by atoms with Crippen molar-refractivity contribution in [2.75, 3.05) is 19.8 Å². The summed E-state index contributed by atoms with van der Waals surface area (Å²) in [5, 5.41) is 3.19. The summed E-state index contributed by atoms with van der Waals surface area (Å²) in [5.74, 6) is 0.142. The van der Waals surface area contributed by atoms with E-state index in [4.69, 9.17) is 4.74 Å². The average molecular weight is 344 g/mol. The van der Waals surface area contributed by atoms with Crippen LogP contribution in [0.25, 0.3) is 5.65 Å². The van der Waals surface area contributed by atoms with Gasteiger partial charge in [-0.3, -0.25) is 14.7 Å². The van der Waals surface area contributed by atoms with Crippen LogP contribution in [0, 0.1) is 19.8 Å². The first-order chi connectivity index (χ1) is 12.1. The summed E-state index contributed by atoms with van der Waals surface area (Å²) in [7, 11) is 0. The zero-order valence-electron chi connectivity index (χ0n) is 14.7. The van der Waals surface area contributed by atoms with Crippen molar-refractivity contribution < 1.29 is 9.53 Å². The molecule has 7 nitrogen and oxygen atoms in total. The molecule has 0 saturated carbocycles. The van der Waals surface area contributed by atoms with Gasteiger partial charge in [0.2, 0.25) is 5.91 Å². The predicted octanol–water partition coefficient (Wildman–Crippen LogP) is 1.73. The van der Waals surface area contributed by atoms with Crippen molar-refractivity contribution >= 4 is 11.6 Å². The second kappa shape index (κ2) is 6.29. The molecule has 4 rings (SSSR count). The predicted molar refractivity (Wildman–Crippen MR) is 92.5 cm³/mol. The molecule has 0 spiro atoms. The lowest BCUT2D eigenvalue weighted by Crippen LogP contribution is -2.42. The van der Waals surface area contributed by atoms with E-state index in [0.717, 1.165) is 43.6 Å². The molecular formula is C18H24N4O3. The summed E-state index contributed by atoms with van der Waals surface area (Å²) in [6, 6.07) is 1.89. The Morgan fingerprint density at radius 2 is 2.16 bits per heavy atom. The van der Waals surface area contributed by atoms with Gasteiger partial charge in [0.25, 0.3) is 5.56 Å². The molecule has 0 radical (unpaired) electrons. The standard InChI is InChI=1S/C18H24N4O3/c1-11-12(2)19-16-9-14(20-22(16)17(11)23)15-5-3-4-7-21(15)18(24)13-6-8-25-10-13/h9,13,15,20H,3-8,10H2,1-2H3/t13-,15+/m0/s1. The van der Waals surface area contributed by atoms with Gasteiger partial charge in [-0.05, 0) is 39.5 Å². The number of H-pyrrole nitrogens is 1. The lowest BCUT2D eigenvalue weighted by Gasteiger charge is -2.36. The van der Waals surface area contributed by atoms with Crippen LogP contribution in [0.1, 0.15) is 48.7 Å². The van der Waals surface area contributed by atoms with Gasteiger partial charge in [-0.15, -0.1) is 0 Å².